The van der Waals surface area contributed by atoms with Crippen molar-refractivity contribution in [2.24, 2.45) is 5.92 Å². The highest BCUT2D eigenvalue weighted by Crippen LogP contribution is 2.35. The molecule has 3 heterocycles. The SMILES string of the molecule is Cc1nccn1CC(=O)NC[C@@H]1CC[C@H](CC(=O)N2CCOCC2)N1CC1CC1.O=CO.O=CO. The van der Waals surface area contributed by atoms with Crippen LogP contribution in [0, 0.1) is 12.8 Å². The van der Waals surface area contributed by atoms with Crippen LogP contribution >= 0.6 is 0 Å². The summed E-state index contributed by atoms with van der Waals surface area (Å²) in [4.78, 5) is 50.5. The first-order chi connectivity index (χ1) is 16.9. The molecule has 35 heavy (non-hydrogen) atoms. The van der Waals surface area contributed by atoms with Gasteiger partial charge in [-0.2, -0.15) is 0 Å². The molecule has 196 valence electrons. The molecule has 1 aromatic rings. The summed E-state index contributed by atoms with van der Waals surface area (Å²) in [7, 11) is 0. The number of likely N-dealkylation sites (tertiary alicyclic amines) is 1. The zero-order valence-electron chi connectivity index (χ0n) is 20.3. The van der Waals surface area contributed by atoms with E-state index in [1.54, 1.807) is 6.20 Å². The van der Waals surface area contributed by atoms with Gasteiger partial charge in [0.1, 0.15) is 12.4 Å². The van der Waals surface area contributed by atoms with Crippen LogP contribution in [0.3, 0.4) is 0 Å². The molecule has 12 nitrogen and oxygen atoms in total. The van der Waals surface area contributed by atoms with E-state index in [0.717, 1.165) is 31.1 Å². The second-order valence-corrected chi connectivity index (χ2v) is 8.84. The van der Waals surface area contributed by atoms with E-state index in [9.17, 15) is 9.59 Å². The van der Waals surface area contributed by atoms with E-state index in [1.807, 2.05) is 22.6 Å². The maximum Gasteiger partial charge on any atom is 0.290 e. The second kappa shape index (κ2) is 15.1. The van der Waals surface area contributed by atoms with Crippen LogP contribution in [0.5, 0.6) is 0 Å². The van der Waals surface area contributed by atoms with Gasteiger partial charge in [-0.3, -0.25) is 24.1 Å². The molecule has 0 radical (unpaired) electrons. The monoisotopic (exact) mass is 495 g/mol. The Balaban J connectivity index is 0.000000655. The van der Waals surface area contributed by atoms with Gasteiger partial charge in [0.2, 0.25) is 11.8 Å². The molecular formula is C23H37N5O7. The third-order valence-electron chi connectivity index (χ3n) is 6.48. The first kappa shape index (κ1) is 28.2. The van der Waals surface area contributed by atoms with E-state index in [0.29, 0.717) is 57.9 Å². The highest BCUT2D eigenvalue weighted by Gasteiger charge is 2.38. The number of nitrogens with one attached hydrogen (secondary N) is 1. The van der Waals surface area contributed by atoms with Crippen LogP contribution in [0.4, 0.5) is 0 Å². The van der Waals surface area contributed by atoms with Gasteiger partial charge in [-0.15, -0.1) is 0 Å². The van der Waals surface area contributed by atoms with Crippen molar-refractivity contribution in [2.75, 3.05) is 39.4 Å². The smallest absolute Gasteiger partial charge is 0.290 e. The van der Waals surface area contributed by atoms with Crippen LogP contribution in [0.25, 0.3) is 0 Å². The number of carboxylic acid groups (broad SMARTS) is 2. The zero-order valence-corrected chi connectivity index (χ0v) is 20.3. The van der Waals surface area contributed by atoms with Crippen molar-refractivity contribution >= 4 is 24.8 Å². The van der Waals surface area contributed by atoms with Gasteiger partial charge < -0.3 is 29.7 Å². The van der Waals surface area contributed by atoms with Crippen molar-refractivity contribution in [3.05, 3.63) is 18.2 Å². The Morgan fingerprint density at radius 2 is 1.74 bits per heavy atom. The summed E-state index contributed by atoms with van der Waals surface area (Å²) in [5.74, 6) is 1.88. The van der Waals surface area contributed by atoms with Crippen molar-refractivity contribution in [1.29, 1.82) is 0 Å². The summed E-state index contributed by atoms with van der Waals surface area (Å²) in [5, 5.41) is 16.9. The normalized spacial score (nSPS) is 21.7. The number of carbonyl (C=O) groups excluding carboxylic acids is 2. The lowest BCUT2D eigenvalue weighted by atomic mass is 10.1. The number of aromatic nitrogens is 2. The number of amides is 2. The number of nitrogens with zero attached hydrogens (tertiary/aromatic N) is 4. The molecule has 2 saturated heterocycles. The Morgan fingerprint density at radius 3 is 2.31 bits per heavy atom. The van der Waals surface area contributed by atoms with Crippen molar-refractivity contribution in [1.82, 2.24) is 24.7 Å². The summed E-state index contributed by atoms with van der Waals surface area (Å²) in [6, 6.07) is 0.620. The Kier molecular flexibility index (Phi) is 12.2. The fraction of sp³-hybridized carbons (Fsp3) is 0.696. The summed E-state index contributed by atoms with van der Waals surface area (Å²) in [5.41, 5.74) is 0. The molecule has 3 fully saturated rings. The van der Waals surface area contributed by atoms with Gasteiger partial charge in [0, 0.05) is 57.1 Å². The number of rotatable bonds is 8. The van der Waals surface area contributed by atoms with E-state index in [1.165, 1.54) is 12.8 Å². The number of hydrogen-bond acceptors (Lipinski definition) is 7. The van der Waals surface area contributed by atoms with Crippen molar-refractivity contribution in [2.45, 2.75) is 57.7 Å². The minimum atomic E-state index is -0.250. The van der Waals surface area contributed by atoms with Gasteiger partial charge >= 0.3 is 0 Å². The minimum Gasteiger partial charge on any atom is -0.483 e. The lowest BCUT2D eigenvalue weighted by Gasteiger charge is -2.33. The zero-order chi connectivity index (χ0) is 25.6. The largest absolute Gasteiger partial charge is 0.483 e. The predicted molar refractivity (Wildman–Crippen MR) is 126 cm³/mol. The number of ether oxygens (including phenoxy) is 1. The molecule has 2 amide bonds. The Labute approximate surface area is 205 Å². The van der Waals surface area contributed by atoms with Gasteiger partial charge in [0.15, 0.2) is 0 Å². The molecule has 1 aromatic heterocycles. The highest BCUT2D eigenvalue weighted by molar-refractivity contribution is 5.77. The maximum absolute atomic E-state index is 12.7. The molecule has 12 heteroatoms. The number of morpholine rings is 1. The quantitative estimate of drug-likeness (QED) is 0.429. The predicted octanol–water partition coefficient (Wildman–Crippen LogP) is 0.201. The van der Waals surface area contributed by atoms with Crippen LogP contribution in [-0.2, 0) is 30.5 Å². The molecule has 2 aliphatic heterocycles. The fourth-order valence-corrected chi connectivity index (χ4v) is 4.51. The fourth-order valence-electron chi connectivity index (χ4n) is 4.51. The molecule has 0 spiro atoms. The van der Waals surface area contributed by atoms with Crippen LogP contribution < -0.4 is 5.32 Å². The van der Waals surface area contributed by atoms with Gasteiger partial charge in [-0.05, 0) is 38.5 Å². The van der Waals surface area contributed by atoms with Crippen LogP contribution in [0.1, 0.15) is 37.9 Å². The van der Waals surface area contributed by atoms with Crippen LogP contribution in [-0.4, -0.2) is 106 Å². The second-order valence-electron chi connectivity index (χ2n) is 8.84. The Morgan fingerprint density at radius 1 is 1.11 bits per heavy atom. The number of carbonyl (C=O) groups is 4. The molecule has 0 unspecified atom stereocenters. The van der Waals surface area contributed by atoms with Crippen molar-refractivity contribution < 1.29 is 34.1 Å². The molecule has 0 bridgehead atoms. The average Bonchev–Trinajstić information content (AvgIpc) is 3.47. The summed E-state index contributed by atoms with van der Waals surface area (Å²) in [6.07, 6.45) is 8.79. The van der Waals surface area contributed by atoms with E-state index in [4.69, 9.17) is 24.5 Å². The van der Waals surface area contributed by atoms with Gasteiger partial charge in [0.25, 0.3) is 12.9 Å². The van der Waals surface area contributed by atoms with Crippen LogP contribution in [0.15, 0.2) is 12.4 Å². The highest BCUT2D eigenvalue weighted by atomic mass is 16.5. The summed E-state index contributed by atoms with van der Waals surface area (Å²) in [6.45, 7) is 6.13. The van der Waals surface area contributed by atoms with Crippen molar-refractivity contribution in [3.63, 3.8) is 0 Å². The molecule has 0 aromatic carbocycles. The summed E-state index contributed by atoms with van der Waals surface area (Å²) < 4.78 is 7.22. The Hall–Kier alpha value is -2.99. The summed E-state index contributed by atoms with van der Waals surface area (Å²) >= 11 is 0. The molecular weight excluding hydrogens is 458 g/mol. The first-order valence-electron chi connectivity index (χ1n) is 11.9. The van der Waals surface area contributed by atoms with Gasteiger partial charge in [-0.1, -0.05) is 0 Å². The number of hydrogen-bond donors (Lipinski definition) is 3. The number of imidazole rings is 1. The van der Waals surface area contributed by atoms with Crippen LogP contribution in [0.2, 0.25) is 0 Å². The van der Waals surface area contributed by atoms with Crippen molar-refractivity contribution in [3.8, 4) is 0 Å². The first-order valence-corrected chi connectivity index (χ1v) is 11.9. The number of aryl methyl sites for hydroxylation is 1. The molecule has 1 saturated carbocycles. The topological polar surface area (TPSA) is 154 Å². The molecule has 3 N–H and O–H groups in total. The average molecular weight is 496 g/mol. The van der Waals surface area contributed by atoms with E-state index in [2.05, 4.69) is 15.2 Å². The standard InChI is InChI=1S/C21H33N5O3.2CH2O2/c1-16-22-6-7-25(16)15-20(27)23-13-19-5-4-18(26(19)14-17-2-3-17)12-21(28)24-8-10-29-11-9-24;2*2-1-3/h6-7,17-19H,2-5,8-15H2,1H3,(H,23,27);2*1H,(H,2,3)/t18-,19+;;/m1../s1. The van der Waals surface area contributed by atoms with Gasteiger partial charge in [0.05, 0.1) is 13.2 Å². The van der Waals surface area contributed by atoms with Gasteiger partial charge in [-0.25, -0.2) is 4.98 Å². The third kappa shape index (κ3) is 9.65. The molecule has 2 atom stereocenters. The van der Waals surface area contributed by atoms with E-state index >= 15 is 0 Å². The lowest BCUT2D eigenvalue weighted by Crippen LogP contribution is -2.47. The van der Waals surface area contributed by atoms with E-state index < -0.39 is 0 Å². The third-order valence-corrected chi connectivity index (χ3v) is 6.48. The maximum atomic E-state index is 12.7. The molecule has 4 rings (SSSR count). The Bertz CT molecular complexity index is 802. The lowest BCUT2D eigenvalue weighted by molar-refractivity contribution is -0.136. The molecule has 1 aliphatic carbocycles. The minimum absolute atomic E-state index is 0.0188. The van der Waals surface area contributed by atoms with E-state index in [-0.39, 0.29) is 24.8 Å². The molecule has 3 aliphatic rings.